The van der Waals surface area contributed by atoms with Gasteiger partial charge in [0.25, 0.3) is 0 Å². The molecule has 0 amide bonds. The van der Waals surface area contributed by atoms with Gasteiger partial charge in [-0.3, -0.25) is 9.97 Å². The molecule has 0 atom stereocenters. The minimum absolute atomic E-state index is 0.547. The van der Waals surface area contributed by atoms with Crippen LogP contribution in [0.3, 0.4) is 0 Å². The molecule has 0 aliphatic heterocycles. The summed E-state index contributed by atoms with van der Waals surface area (Å²) >= 11 is 0. The van der Waals surface area contributed by atoms with Crippen molar-refractivity contribution in [3.8, 4) is 11.1 Å². The highest BCUT2D eigenvalue weighted by atomic mass is 16.3. The molecule has 4 rings (SSSR count). The summed E-state index contributed by atoms with van der Waals surface area (Å²) in [7, 11) is 0. The second-order valence-corrected chi connectivity index (χ2v) is 6.08. The van der Waals surface area contributed by atoms with Gasteiger partial charge in [-0.1, -0.05) is 66.7 Å². The number of hydrogen-bond acceptors (Lipinski definition) is 3. The van der Waals surface area contributed by atoms with Gasteiger partial charge in [0.15, 0.2) is 5.60 Å². The minimum atomic E-state index is -1.41. The van der Waals surface area contributed by atoms with Crippen molar-refractivity contribution in [2.24, 2.45) is 0 Å². The molecular weight excluding hydrogens is 320 g/mol. The lowest BCUT2D eigenvalue weighted by Gasteiger charge is -2.28. The fraction of sp³-hybridized carbons (Fsp3) is 0.0435. The van der Waals surface area contributed by atoms with Gasteiger partial charge in [-0.2, -0.15) is 0 Å². The Balaban J connectivity index is 1.83. The van der Waals surface area contributed by atoms with Crippen molar-refractivity contribution in [2.45, 2.75) is 5.60 Å². The second kappa shape index (κ2) is 6.90. The summed E-state index contributed by atoms with van der Waals surface area (Å²) in [6.07, 6.45) is 3.36. The highest BCUT2D eigenvalue weighted by Crippen LogP contribution is 2.35. The van der Waals surface area contributed by atoms with Gasteiger partial charge < -0.3 is 5.11 Å². The van der Waals surface area contributed by atoms with E-state index in [0.717, 1.165) is 16.7 Å². The molecule has 0 saturated heterocycles. The zero-order valence-corrected chi connectivity index (χ0v) is 14.2. The van der Waals surface area contributed by atoms with Crippen molar-refractivity contribution >= 4 is 0 Å². The van der Waals surface area contributed by atoms with Gasteiger partial charge in [0, 0.05) is 12.4 Å². The average Bonchev–Trinajstić information content (AvgIpc) is 2.75. The normalized spacial score (nSPS) is 11.3. The molecule has 2 heterocycles. The number of aliphatic hydroxyl groups is 1. The average molecular weight is 338 g/mol. The van der Waals surface area contributed by atoms with E-state index in [9.17, 15) is 5.11 Å². The van der Waals surface area contributed by atoms with Crippen LogP contribution in [0, 0.1) is 0 Å². The fourth-order valence-electron chi connectivity index (χ4n) is 3.12. The SMILES string of the molecule is OC(c1ccc(-c2ccccc2)cc1)(c1ccccn1)c1ccccn1. The number of nitrogens with zero attached hydrogens (tertiary/aromatic N) is 2. The summed E-state index contributed by atoms with van der Waals surface area (Å²) < 4.78 is 0. The third-order valence-electron chi connectivity index (χ3n) is 4.48. The highest BCUT2D eigenvalue weighted by Gasteiger charge is 2.36. The van der Waals surface area contributed by atoms with Crippen LogP contribution >= 0.6 is 0 Å². The predicted molar refractivity (Wildman–Crippen MR) is 102 cm³/mol. The second-order valence-electron chi connectivity index (χ2n) is 6.08. The molecule has 0 radical (unpaired) electrons. The molecule has 0 aliphatic carbocycles. The number of benzene rings is 2. The first-order chi connectivity index (χ1) is 12.8. The van der Waals surface area contributed by atoms with Gasteiger partial charge in [0.1, 0.15) is 0 Å². The summed E-state index contributed by atoms with van der Waals surface area (Å²) in [5, 5.41) is 11.7. The Morgan fingerprint density at radius 2 is 1.04 bits per heavy atom. The van der Waals surface area contributed by atoms with Gasteiger partial charge in [0.05, 0.1) is 11.4 Å². The van der Waals surface area contributed by atoms with E-state index in [1.165, 1.54) is 0 Å². The van der Waals surface area contributed by atoms with E-state index in [-0.39, 0.29) is 0 Å². The third-order valence-corrected chi connectivity index (χ3v) is 4.48. The lowest BCUT2D eigenvalue weighted by Crippen LogP contribution is -2.31. The van der Waals surface area contributed by atoms with Gasteiger partial charge in [-0.25, -0.2) is 0 Å². The van der Waals surface area contributed by atoms with E-state index in [0.29, 0.717) is 11.4 Å². The maximum Gasteiger partial charge on any atom is 0.174 e. The maximum atomic E-state index is 11.7. The zero-order chi connectivity index (χ0) is 17.8. The van der Waals surface area contributed by atoms with Crippen molar-refractivity contribution in [1.29, 1.82) is 0 Å². The minimum Gasteiger partial charge on any atom is -0.373 e. The first-order valence-corrected chi connectivity index (χ1v) is 8.50. The van der Waals surface area contributed by atoms with Crippen LogP contribution in [0.15, 0.2) is 103 Å². The number of hydrogen-bond donors (Lipinski definition) is 1. The first kappa shape index (κ1) is 16.2. The standard InChI is InChI=1S/C23H18N2O/c26-23(21-10-4-6-16-24-21,22-11-5-7-17-25-22)20-14-12-19(13-15-20)18-8-2-1-3-9-18/h1-17,26H. The molecular formula is C23H18N2O. The van der Waals surface area contributed by atoms with E-state index in [1.807, 2.05) is 78.9 Å². The molecule has 1 N–H and O–H groups in total. The third kappa shape index (κ3) is 2.89. The van der Waals surface area contributed by atoms with Crippen LogP contribution < -0.4 is 0 Å². The van der Waals surface area contributed by atoms with Crippen molar-refractivity contribution in [3.63, 3.8) is 0 Å². The Morgan fingerprint density at radius 1 is 0.538 bits per heavy atom. The number of pyridine rings is 2. The summed E-state index contributed by atoms with van der Waals surface area (Å²) in [5.41, 5.74) is 2.65. The van der Waals surface area contributed by atoms with Gasteiger partial charge in [-0.15, -0.1) is 0 Å². The topological polar surface area (TPSA) is 46.0 Å². The molecule has 0 spiro atoms. The van der Waals surface area contributed by atoms with Crippen LogP contribution in [-0.4, -0.2) is 15.1 Å². The summed E-state index contributed by atoms with van der Waals surface area (Å²) in [4.78, 5) is 8.79. The van der Waals surface area contributed by atoms with Crippen LogP contribution in [-0.2, 0) is 5.60 Å². The molecule has 2 aromatic heterocycles. The lowest BCUT2D eigenvalue weighted by molar-refractivity contribution is 0.116. The van der Waals surface area contributed by atoms with Gasteiger partial charge in [0.2, 0.25) is 0 Å². The molecule has 3 heteroatoms. The zero-order valence-electron chi connectivity index (χ0n) is 14.2. The van der Waals surface area contributed by atoms with Crippen LogP contribution in [0.25, 0.3) is 11.1 Å². The van der Waals surface area contributed by atoms with Crippen LogP contribution in [0.5, 0.6) is 0 Å². The van der Waals surface area contributed by atoms with Crippen molar-refractivity contribution < 1.29 is 5.11 Å². The first-order valence-electron chi connectivity index (χ1n) is 8.50. The largest absolute Gasteiger partial charge is 0.373 e. The highest BCUT2D eigenvalue weighted by molar-refractivity contribution is 5.64. The molecule has 3 nitrogen and oxygen atoms in total. The molecule has 0 saturated carbocycles. The molecule has 0 fully saturated rings. The Bertz CT molecular complexity index is 929. The van der Waals surface area contributed by atoms with Crippen molar-refractivity contribution in [1.82, 2.24) is 9.97 Å². The summed E-state index contributed by atoms with van der Waals surface area (Å²) in [6.45, 7) is 0. The Hall–Kier alpha value is -3.30. The summed E-state index contributed by atoms with van der Waals surface area (Å²) in [5.74, 6) is 0. The van der Waals surface area contributed by atoms with Crippen LogP contribution in [0.2, 0.25) is 0 Å². The van der Waals surface area contributed by atoms with Crippen LogP contribution in [0.1, 0.15) is 17.0 Å². The molecule has 26 heavy (non-hydrogen) atoms. The number of aromatic nitrogens is 2. The molecule has 4 aromatic rings. The van der Waals surface area contributed by atoms with Crippen molar-refractivity contribution in [3.05, 3.63) is 120 Å². The van der Waals surface area contributed by atoms with E-state index in [1.54, 1.807) is 12.4 Å². The molecule has 126 valence electrons. The van der Waals surface area contributed by atoms with Crippen LogP contribution in [0.4, 0.5) is 0 Å². The molecule has 2 aromatic carbocycles. The van der Waals surface area contributed by atoms with Crippen molar-refractivity contribution in [2.75, 3.05) is 0 Å². The summed E-state index contributed by atoms with van der Waals surface area (Å²) in [6, 6.07) is 29.1. The Labute approximate surface area is 152 Å². The van der Waals surface area contributed by atoms with Gasteiger partial charge >= 0.3 is 0 Å². The lowest BCUT2D eigenvalue weighted by atomic mass is 9.85. The quantitative estimate of drug-likeness (QED) is 0.599. The smallest absolute Gasteiger partial charge is 0.174 e. The monoisotopic (exact) mass is 338 g/mol. The fourth-order valence-corrected chi connectivity index (χ4v) is 3.12. The van der Waals surface area contributed by atoms with E-state index in [4.69, 9.17) is 0 Å². The number of rotatable bonds is 4. The maximum absolute atomic E-state index is 11.7. The molecule has 0 aliphatic rings. The predicted octanol–water partition coefficient (Wildman–Crippen LogP) is 4.43. The molecule has 0 bridgehead atoms. The van der Waals surface area contributed by atoms with E-state index < -0.39 is 5.60 Å². The van der Waals surface area contributed by atoms with E-state index >= 15 is 0 Å². The molecule has 0 unspecified atom stereocenters. The van der Waals surface area contributed by atoms with Gasteiger partial charge in [-0.05, 0) is 41.0 Å². The Morgan fingerprint density at radius 3 is 1.54 bits per heavy atom. The van der Waals surface area contributed by atoms with E-state index in [2.05, 4.69) is 22.1 Å². The Kier molecular flexibility index (Phi) is 4.30.